The van der Waals surface area contributed by atoms with Crippen molar-refractivity contribution in [1.29, 1.82) is 0 Å². The normalized spacial score (nSPS) is 21.4. The Bertz CT molecular complexity index is 322. The number of nitrogens with one attached hydrogen (secondary N) is 1. The maximum Gasteiger partial charge on any atom is 0.130 e. The summed E-state index contributed by atoms with van der Waals surface area (Å²) in [4.78, 5) is 0. The lowest BCUT2D eigenvalue weighted by molar-refractivity contribution is 0.461. The quantitative estimate of drug-likeness (QED) is 0.717. The molecule has 1 aromatic rings. The Hall–Kier alpha value is -1.09. The van der Waals surface area contributed by atoms with Gasteiger partial charge in [-0.15, -0.1) is 0 Å². The molecule has 1 fully saturated rings. The number of hydrogen-bond donors (Lipinski definition) is 2. The van der Waals surface area contributed by atoms with Gasteiger partial charge in [0.2, 0.25) is 0 Å². The van der Waals surface area contributed by atoms with E-state index in [1.54, 1.807) is 13.0 Å². The molecular formula is C11H14FNO. The molecule has 2 nitrogen and oxygen atoms in total. The molecule has 0 aliphatic carbocycles. The van der Waals surface area contributed by atoms with Crippen LogP contribution in [0, 0.1) is 12.7 Å². The Kier molecular flexibility index (Phi) is 2.42. The fourth-order valence-corrected chi connectivity index (χ4v) is 1.86. The summed E-state index contributed by atoms with van der Waals surface area (Å²) in [6.07, 6.45) is 1.02. The summed E-state index contributed by atoms with van der Waals surface area (Å²) in [5.74, 6) is 0.0924. The van der Waals surface area contributed by atoms with Crippen molar-refractivity contribution in [2.75, 3.05) is 13.1 Å². The molecule has 76 valence electrons. The van der Waals surface area contributed by atoms with Gasteiger partial charge in [0.25, 0.3) is 0 Å². The van der Waals surface area contributed by atoms with Crippen LogP contribution in [0.25, 0.3) is 0 Å². The number of phenols is 1. The Morgan fingerprint density at radius 1 is 1.50 bits per heavy atom. The predicted molar refractivity (Wildman–Crippen MR) is 53.0 cm³/mol. The Morgan fingerprint density at radius 2 is 2.29 bits per heavy atom. The lowest BCUT2D eigenvalue weighted by atomic mass is 9.97. The molecule has 1 aliphatic heterocycles. The molecule has 2 N–H and O–H groups in total. The van der Waals surface area contributed by atoms with Crippen LogP contribution in [0.3, 0.4) is 0 Å². The summed E-state index contributed by atoms with van der Waals surface area (Å²) in [5.41, 5.74) is 1.23. The first-order chi connectivity index (χ1) is 6.68. The van der Waals surface area contributed by atoms with E-state index in [4.69, 9.17) is 0 Å². The molecular weight excluding hydrogens is 181 g/mol. The highest BCUT2D eigenvalue weighted by atomic mass is 19.1. The van der Waals surface area contributed by atoms with E-state index >= 15 is 0 Å². The third-order valence-corrected chi connectivity index (χ3v) is 2.87. The standard InChI is InChI=1S/C11H14FNO/c1-7-10(12)4-9(5-11(7)14)8-2-3-13-6-8/h4-5,8,13-14H,2-3,6H2,1H3. The molecule has 0 aromatic heterocycles. The molecule has 1 heterocycles. The number of benzene rings is 1. The first kappa shape index (κ1) is 9.46. The topological polar surface area (TPSA) is 32.3 Å². The second-order valence-electron chi connectivity index (χ2n) is 3.84. The van der Waals surface area contributed by atoms with Gasteiger partial charge in [-0.05, 0) is 43.5 Å². The molecule has 0 spiro atoms. The zero-order valence-electron chi connectivity index (χ0n) is 8.18. The number of hydrogen-bond acceptors (Lipinski definition) is 2. The molecule has 1 aliphatic rings. The number of rotatable bonds is 1. The van der Waals surface area contributed by atoms with E-state index in [2.05, 4.69) is 5.32 Å². The van der Waals surface area contributed by atoms with Crippen LogP contribution >= 0.6 is 0 Å². The summed E-state index contributed by atoms with van der Waals surface area (Å²) < 4.78 is 13.3. The SMILES string of the molecule is Cc1c(O)cc(C2CCNC2)cc1F. The first-order valence-electron chi connectivity index (χ1n) is 4.88. The summed E-state index contributed by atoms with van der Waals surface area (Å²) in [6.45, 7) is 3.43. The average molecular weight is 195 g/mol. The van der Waals surface area contributed by atoms with Crippen molar-refractivity contribution in [2.24, 2.45) is 0 Å². The zero-order chi connectivity index (χ0) is 10.1. The van der Waals surface area contributed by atoms with Gasteiger partial charge in [-0.25, -0.2) is 4.39 Å². The fourth-order valence-electron chi connectivity index (χ4n) is 1.86. The molecule has 14 heavy (non-hydrogen) atoms. The van der Waals surface area contributed by atoms with Crippen LogP contribution < -0.4 is 5.32 Å². The minimum absolute atomic E-state index is 0.0619. The molecule has 2 rings (SSSR count). The van der Waals surface area contributed by atoms with Gasteiger partial charge in [-0.2, -0.15) is 0 Å². The third kappa shape index (κ3) is 1.60. The van der Waals surface area contributed by atoms with Crippen molar-refractivity contribution in [1.82, 2.24) is 5.32 Å². The van der Waals surface area contributed by atoms with Crippen molar-refractivity contribution in [3.8, 4) is 5.75 Å². The first-order valence-corrected chi connectivity index (χ1v) is 4.88. The minimum Gasteiger partial charge on any atom is -0.508 e. The van der Waals surface area contributed by atoms with E-state index in [0.29, 0.717) is 11.5 Å². The van der Waals surface area contributed by atoms with Crippen LogP contribution in [0.4, 0.5) is 4.39 Å². The van der Waals surface area contributed by atoms with Crippen LogP contribution in [0.1, 0.15) is 23.5 Å². The van der Waals surface area contributed by atoms with E-state index in [-0.39, 0.29) is 11.6 Å². The van der Waals surface area contributed by atoms with Gasteiger partial charge in [-0.1, -0.05) is 0 Å². The molecule has 0 amide bonds. The molecule has 1 unspecified atom stereocenters. The monoisotopic (exact) mass is 195 g/mol. The lowest BCUT2D eigenvalue weighted by Crippen LogP contribution is -2.08. The smallest absolute Gasteiger partial charge is 0.130 e. The molecule has 0 saturated carbocycles. The highest BCUT2D eigenvalue weighted by Gasteiger charge is 2.18. The zero-order valence-corrected chi connectivity index (χ0v) is 8.18. The number of halogens is 1. The molecule has 1 atom stereocenters. The summed E-state index contributed by atoms with van der Waals surface area (Å²) in [7, 11) is 0. The van der Waals surface area contributed by atoms with E-state index < -0.39 is 0 Å². The lowest BCUT2D eigenvalue weighted by Gasteiger charge is -2.10. The molecule has 1 aromatic carbocycles. The Labute approximate surface area is 82.8 Å². The third-order valence-electron chi connectivity index (χ3n) is 2.87. The Balaban J connectivity index is 2.34. The van der Waals surface area contributed by atoms with Crippen molar-refractivity contribution in [2.45, 2.75) is 19.3 Å². The second-order valence-corrected chi connectivity index (χ2v) is 3.84. The largest absolute Gasteiger partial charge is 0.508 e. The fraction of sp³-hybridized carbons (Fsp3) is 0.455. The molecule has 0 radical (unpaired) electrons. The maximum atomic E-state index is 13.3. The predicted octanol–water partition coefficient (Wildman–Crippen LogP) is 1.92. The average Bonchev–Trinajstić information content (AvgIpc) is 2.66. The van der Waals surface area contributed by atoms with Crippen LogP contribution in [0.15, 0.2) is 12.1 Å². The summed E-state index contributed by atoms with van der Waals surface area (Å²) in [5, 5.41) is 12.7. The van der Waals surface area contributed by atoms with E-state index in [9.17, 15) is 9.50 Å². The molecule has 0 bridgehead atoms. The minimum atomic E-state index is -0.313. The number of phenolic OH excluding ortho intramolecular Hbond substituents is 1. The van der Waals surface area contributed by atoms with E-state index in [0.717, 1.165) is 25.1 Å². The number of aromatic hydroxyl groups is 1. The summed E-state index contributed by atoms with van der Waals surface area (Å²) >= 11 is 0. The van der Waals surface area contributed by atoms with Gasteiger partial charge in [0.1, 0.15) is 11.6 Å². The van der Waals surface area contributed by atoms with Crippen molar-refractivity contribution in [3.63, 3.8) is 0 Å². The van der Waals surface area contributed by atoms with Crippen LogP contribution in [-0.2, 0) is 0 Å². The van der Waals surface area contributed by atoms with Crippen molar-refractivity contribution in [3.05, 3.63) is 29.1 Å². The highest BCUT2D eigenvalue weighted by molar-refractivity contribution is 5.38. The van der Waals surface area contributed by atoms with E-state index in [1.165, 1.54) is 6.07 Å². The highest BCUT2D eigenvalue weighted by Crippen LogP contribution is 2.29. The van der Waals surface area contributed by atoms with Crippen LogP contribution in [-0.4, -0.2) is 18.2 Å². The molecule has 3 heteroatoms. The summed E-state index contributed by atoms with van der Waals surface area (Å²) in [6, 6.07) is 3.21. The van der Waals surface area contributed by atoms with Gasteiger partial charge in [-0.3, -0.25) is 0 Å². The van der Waals surface area contributed by atoms with Gasteiger partial charge in [0, 0.05) is 12.1 Å². The van der Waals surface area contributed by atoms with Gasteiger partial charge >= 0.3 is 0 Å². The molecule has 1 saturated heterocycles. The maximum absolute atomic E-state index is 13.3. The van der Waals surface area contributed by atoms with Crippen LogP contribution in [0.2, 0.25) is 0 Å². The van der Waals surface area contributed by atoms with Gasteiger partial charge in [0.05, 0.1) is 0 Å². The van der Waals surface area contributed by atoms with Crippen molar-refractivity contribution >= 4 is 0 Å². The second kappa shape index (κ2) is 3.58. The van der Waals surface area contributed by atoms with Gasteiger partial charge < -0.3 is 10.4 Å². The van der Waals surface area contributed by atoms with E-state index in [1.807, 2.05) is 0 Å². The Morgan fingerprint density at radius 3 is 2.86 bits per heavy atom. The van der Waals surface area contributed by atoms with Crippen LogP contribution in [0.5, 0.6) is 5.75 Å². The van der Waals surface area contributed by atoms with Crippen molar-refractivity contribution < 1.29 is 9.50 Å². The van der Waals surface area contributed by atoms with Gasteiger partial charge in [0.15, 0.2) is 0 Å².